The molecule has 20 heavy (non-hydrogen) atoms. The van der Waals surface area contributed by atoms with Crippen molar-refractivity contribution in [2.75, 3.05) is 11.4 Å². The molecular weight excluding hydrogens is 282 g/mol. The lowest BCUT2D eigenvalue weighted by Crippen LogP contribution is -2.28. The summed E-state index contributed by atoms with van der Waals surface area (Å²) in [5.41, 5.74) is 0.111. The average molecular weight is 295 g/mol. The van der Waals surface area contributed by atoms with Crippen molar-refractivity contribution in [1.29, 1.82) is 0 Å². The summed E-state index contributed by atoms with van der Waals surface area (Å²) >= 11 is 0. The van der Waals surface area contributed by atoms with Gasteiger partial charge in [0.05, 0.1) is 11.4 Å². The number of hydrogen-bond donors (Lipinski definition) is 2. The Kier molecular flexibility index (Phi) is 3.49. The van der Waals surface area contributed by atoms with E-state index in [-0.39, 0.29) is 10.6 Å². The molecular formula is C12H13N3O4S. The van der Waals surface area contributed by atoms with Gasteiger partial charge in [0.25, 0.3) is 10.0 Å². The first-order chi connectivity index (χ1) is 9.35. The molecule has 0 saturated carbocycles. The van der Waals surface area contributed by atoms with Gasteiger partial charge >= 0.3 is 5.97 Å². The molecule has 1 aromatic carbocycles. The Balaban J connectivity index is 2.57. The van der Waals surface area contributed by atoms with E-state index in [0.717, 1.165) is 4.31 Å². The minimum absolute atomic E-state index is 0.185. The summed E-state index contributed by atoms with van der Waals surface area (Å²) in [4.78, 5) is 10.8. The van der Waals surface area contributed by atoms with Gasteiger partial charge < -0.3 is 5.11 Å². The number of carboxylic acids is 1. The number of aromatic carboxylic acids is 1. The van der Waals surface area contributed by atoms with Gasteiger partial charge in [-0.3, -0.25) is 9.40 Å². The van der Waals surface area contributed by atoms with E-state index in [9.17, 15) is 13.2 Å². The smallest absolute Gasteiger partial charge is 0.357 e. The van der Waals surface area contributed by atoms with Crippen LogP contribution in [-0.2, 0) is 10.0 Å². The first-order valence-corrected chi connectivity index (χ1v) is 7.12. The number of aromatic amines is 1. The molecule has 0 saturated heterocycles. The Hall–Kier alpha value is -2.35. The fraction of sp³-hybridized carbons (Fsp3) is 0.167. The van der Waals surface area contributed by atoms with Gasteiger partial charge in [-0.2, -0.15) is 5.10 Å². The predicted octanol–water partition coefficient (Wildman–Crippen LogP) is 1.24. The molecule has 0 unspecified atom stereocenters. The number of carbonyl (C=O) groups is 1. The number of aryl methyl sites for hydroxylation is 1. The SMILES string of the molecule is Cc1[nH]nc(C(=O)O)c1S(=O)(=O)N(C)c1ccccc1. The van der Waals surface area contributed by atoms with Gasteiger partial charge in [-0.1, -0.05) is 18.2 Å². The van der Waals surface area contributed by atoms with E-state index in [1.807, 2.05) is 0 Å². The minimum Gasteiger partial charge on any atom is -0.476 e. The van der Waals surface area contributed by atoms with E-state index >= 15 is 0 Å². The van der Waals surface area contributed by atoms with Gasteiger partial charge in [-0.25, -0.2) is 13.2 Å². The van der Waals surface area contributed by atoms with Crippen molar-refractivity contribution in [2.24, 2.45) is 0 Å². The molecule has 0 radical (unpaired) electrons. The van der Waals surface area contributed by atoms with Crippen LogP contribution < -0.4 is 4.31 Å². The highest BCUT2D eigenvalue weighted by atomic mass is 32.2. The number of aromatic nitrogens is 2. The normalized spacial score (nSPS) is 11.3. The molecule has 0 aliphatic carbocycles. The maximum Gasteiger partial charge on any atom is 0.357 e. The van der Waals surface area contributed by atoms with Gasteiger partial charge in [0.2, 0.25) is 0 Å². The summed E-state index contributed by atoms with van der Waals surface area (Å²) in [6.07, 6.45) is 0. The summed E-state index contributed by atoms with van der Waals surface area (Å²) in [6.45, 7) is 1.46. The molecule has 7 nitrogen and oxygen atoms in total. The summed E-state index contributed by atoms with van der Waals surface area (Å²) in [5.74, 6) is -1.39. The number of nitrogens with zero attached hydrogens (tertiary/aromatic N) is 2. The Bertz CT molecular complexity index is 737. The van der Waals surface area contributed by atoms with Crippen LogP contribution in [0.25, 0.3) is 0 Å². The van der Waals surface area contributed by atoms with Crippen molar-refractivity contribution in [2.45, 2.75) is 11.8 Å². The van der Waals surface area contributed by atoms with Crippen LogP contribution in [0.15, 0.2) is 35.2 Å². The molecule has 2 aromatic rings. The summed E-state index contributed by atoms with van der Waals surface area (Å²) in [5, 5.41) is 15.0. The Morgan fingerprint density at radius 1 is 1.30 bits per heavy atom. The number of nitrogens with one attached hydrogen (secondary N) is 1. The lowest BCUT2D eigenvalue weighted by atomic mass is 10.3. The van der Waals surface area contributed by atoms with E-state index in [0.29, 0.717) is 5.69 Å². The molecule has 1 heterocycles. The molecule has 0 aliphatic rings. The van der Waals surface area contributed by atoms with Crippen molar-refractivity contribution in [3.8, 4) is 0 Å². The number of anilines is 1. The molecule has 2 rings (SSSR count). The zero-order valence-corrected chi connectivity index (χ0v) is 11.7. The van der Waals surface area contributed by atoms with Crippen molar-refractivity contribution in [1.82, 2.24) is 10.2 Å². The highest BCUT2D eigenvalue weighted by Crippen LogP contribution is 2.25. The lowest BCUT2D eigenvalue weighted by molar-refractivity contribution is 0.0686. The molecule has 0 spiro atoms. The molecule has 0 atom stereocenters. The maximum absolute atomic E-state index is 12.5. The Morgan fingerprint density at radius 2 is 1.90 bits per heavy atom. The van der Waals surface area contributed by atoms with Crippen LogP contribution in [0.5, 0.6) is 0 Å². The van der Waals surface area contributed by atoms with Gasteiger partial charge in [-0.15, -0.1) is 0 Å². The number of sulfonamides is 1. The number of H-pyrrole nitrogens is 1. The number of benzene rings is 1. The third kappa shape index (κ3) is 2.25. The molecule has 0 fully saturated rings. The maximum atomic E-state index is 12.5. The van der Waals surface area contributed by atoms with Crippen LogP contribution in [0.1, 0.15) is 16.2 Å². The highest BCUT2D eigenvalue weighted by molar-refractivity contribution is 7.93. The van der Waals surface area contributed by atoms with Crippen molar-refractivity contribution >= 4 is 21.7 Å². The number of hydrogen-bond acceptors (Lipinski definition) is 4. The molecule has 0 amide bonds. The van der Waals surface area contributed by atoms with Crippen LogP contribution in [0, 0.1) is 6.92 Å². The van der Waals surface area contributed by atoms with E-state index in [1.165, 1.54) is 14.0 Å². The van der Waals surface area contributed by atoms with E-state index in [2.05, 4.69) is 10.2 Å². The molecule has 106 valence electrons. The van der Waals surface area contributed by atoms with Crippen molar-refractivity contribution in [3.63, 3.8) is 0 Å². The fourth-order valence-corrected chi connectivity index (χ4v) is 3.28. The minimum atomic E-state index is -4.00. The molecule has 1 aromatic heterocycles. The summed E-state index contributed by atoms with van der Waals surface area (Å²) in [6, 6.07) is 8.39. The first-order valence-electron chi connectivity index (χ1n) is 5.68. The number of carboxylic acid groups (broad SMARTS) is 1. The van der Waals surface area contributed by atoms with Crippen LogP contribution in [0.4, 0.5) is 5.69 Å². The van der Waals surface area contributed by atoms with E-state index in [1.54, 1.807) is 30.3 Å². The lowest BCUT2D eigenvalue weighted by Gasteiger charge is -2.19. The second-order valence-corrected chi connectivity index (χ2v) is 6.05. The fourth-order valence-electron chi connectivity index (χ4n) is 1.79. The van der Waals surface area contributed by atoms with Crippen LogP contribution in [0.2, 0.25) is 0 Å². The highest BCUT2D eigenvalue weighted by Gasteiger charge is 2.31. The van der Waals surface area contributed by atoms with Gasteiger partial charge in [0, 0.05) is 7.05 Å². The zero-order chi connectivity index (χ0) is 14.9. The number of rotatable bonds is 4. The first kappa shape index (κ1) is 14.1. The third-order valence-corrected chi connectivity index (χ3v) is 4.78. The van der Waals surface area contributed by atoms with Crippen molar-refractivity contribution < 1.29 is 18.3 Å². The van der Waals surface area contributed by atoms with Gasteiger partial charge in [-0.05, 0) is 19.1 Å². The average Bonchev–Trinajstić information content (AvgIpc) is 2.81. The third-order valence-electron chi connectivity index (χ3n) is 2.83. The Labute approximate surface area is 115 Å². The summed E-state index contributed by atoms with van der Waals surface area (Å²) < 4.78 is 26.1. The second kappa shape index (κ2) is 4.97. The number of para-hydroxylation sites is 1. The summed E-state index contributed by atoms with van der Waals surface area (Å²) in [7, 11) is -2.63. The topological polar surface area (TPSA) is 103 Å². The Morgan fingerprint density at radius 3 is 2.45 bits per heavy atom. The van der Waals surface area contributed by atoms with Crippen LogP contribution in [-0.4, -0.2) is 36.7 Å². The quantitative estimate of drug-likeness (QED) is 0.883. The van der Waals surface area contributed by atoms with E-state index < -0.39 is 21.7 Å². The standard InChI is InChI=1S/C12H13N3O4S/c1-8-11(10(12(16)17)14-13-8)20(18,19)15(2)9-6-4-3-5-7-9/h3-7H,1-2H3,(H,13,14)(H,16,17). The molecule has 8 heteroatoms. The predicted molar refractivity (Wildman–Crippen MR) is 72.3 cm³/mol. The van der Waals surface area contributed by atoms with Crippen molar-refractivity contribution in [3.05, 3.63) is 41.7 Å². The van der Waals surface area contributed by atoms with Crippen LogP contribution >= 0.6 is 0 Å². The largest absolute Gasteiger partial charge is 0.476 e. The molecule has 0 aliphatic heterocycles. The zero-order valence-electron chi connectivity index (χ0n) is 10.9. The molecule has 2 N–H and O–H groups in total. The monoisotopic (exact) mass is 295 g/mol. The van der Waals surface area contributed by atoms with Gasteiger partial charge in [0.1, 0.15) is 4.90 Å². The molecule has 0 bridgehead atoms. The second-order valence-electron chi connectivity index (χ2n) is 4.14. The van der Waals surface area contributed by atoms with Crippen LogP contribution in [0.3, 0.4) is 0 Å². The van der Waals surface area contributed by atoms with E-state index in [4.69, 9.17) is 5.11 Å². The van der Waals surface area contributed by atoms with Gasteiger partial charge in [0.15, 0.2) is 5.69 Å².